The van der Waals surface area contributed by atoms with Crippen LogP contribution >= 0.6 is 11.6 Å². The molecule has 174 valence electrons. The fourth-order valence-corrected chi connectivity index (χ4v) is 4.81. The summed E-state index contributed by atoms with van der Waals surface area (Å²) >= 11 is 5.98. The summed E-state index contributed by atoms with van der Waals surface area (Å²) in [7, 11) is -3.82. The maximum atomic E-state index is 13.8. The number of para-hydroxylation sites is 1. The van der Waals surface area contributed by atoms with Gasteiger partial charge in [-0.05, 0) is 61.0 Å². The number of sulfonamides is 1. The lowest BCUT2D eigenvalue weighted by molar-refractivity contribution is 0.357. The van der Waals surface area contributed by atoms with Crippen LogP contribution in [0.3, 0.4) is 0 Å². The molecule has 0 bridgehead atoms. The van der Waals surface area contributed by atoms with Crippen molar-refractivity contribution in [3.8, 4) is 0 Å². The fourth-order valence-electron chi connectivity index (χ4n) is 3.29. The van der Waals surface area contributed by atoms with E-state index in [1.165, 1.54) is 16.6 Å². The van der Waals surface area contributed by atoms with Crippen LogP contribution in [0.2, 0.25) is 5.02 Å². The molecule has 0 atom stereocenters. The second kappa shape index (κ2) is 10.3. The van der Waals surface area contributed by atoms with Gasteiger partial charge in [0.15, 0.2) is 0 Å². The van der Waals surface area contributed by atoms with E-state index in [1.54, 1.807) is 78.9 Å². The zero-order valence-corrected chi connectivity index (χ0v) is 19.9. The van der Waals surface area contributed by atoms with Gasteiger partial charge in [-0.2, -0.15) is 4.31 Å². The summed E-state index contributed by atoms with van der Waals surface area (Å²) in [4.78, 5) is 4.31. The molecule has 3 aromatic carbocycles. The van der Waals surface area contributed by atoms with Crippen molar-refractivity contribution >= 4 is 33.5 Å². The number of furan rings is 1. The highest BCUT2D eigenvalue weighted by Gasteiger charge is 2.26. The molecule has 0 aliphatic rings. The van der Waals surface area contributed by atoms with Gasteiger partial charge < -0.3 is 4.42 Å². The second-order valence-electron chi connectivity index (χ2n) is 7.73. The molecule has 0 saturated heterocycles. The van der Waals surface area contributed by atoms with E-state index in [1.807, 2.05) is 6.92 Å². The number of nitrogens with zero attached hydrogens (tertiary/aromatic N) is 2. The molecule has 1 aromatic heterocycles. The number of aryl methyl sites for hydroxylation is 1. The Morgan fingerprint density at radius 1 is 0.941 bits per heavy atom. The summed E-state index contributed by atoms with van der Waals surface area (Å²) in [6.45, 7) is 2.04. The monoisotopic (exact) mass is 496 g/mol. The first-order valence-corrected chi connectivity index (χ1v) is 12.3. The first-order valence-electron chi connectivity index (χ1n) is 10.5. The number of benzene rings is 3. The Hall–Kier alpha value is -3.26. The average molecular weight is 497 g/mol. The molecule has 34 heavy (non-hydrogen) atoms. The molecule has 0 spiro atoms. The third-order valence-corrected chi connectivity index (χ3v) is 7.19. The lowest BCUT2D eigenvalue weighted by atomic mass is 10.2. The molecule has 4 aromatic rings. The van der Waals surface area contributed by atoms with Crippen molar-refractivity contribution in [3.63, 3.8) is 0 Å². The highest BCUT2D eigenvalue weighted by atomic mass is 35.5. The number of hydrogen-bond acceptors (Lipinski definition) is 4. The van der Waals surface area contributed by atoms with E-state index < -0.39 is 15.8 Å². The minimum absolute atomic E-state index is 0.00632. The van der Waals surface area contributed by atoms with E-state index in [9.17, 15) is 12.8 Å². The first-order chi connectivity index (χ1) is 16.3. The summed E-state index contributed by atoms with van der Waals surface area (Å²) in [6.07, 6.45) is 1.40. The molecule has 0 unspecified atom stereocenters. The summed E-state index contributed by atoms with van der Waals surface area (Å²) in [5.41, 5.74) is 1.94. The fraction of sp³-hybridized carbons (Fsp3) is 0.115. The predicted molar refractivity (Wildman–Crippen MR) is 131 cm³/mol. The second-order valence-corrected chi connectivity index (χ2v) is 10.1. The van der Waals surface area contributed by atoms with Crippen LogP contribution in [-0.2, 0) is 23.1 Å². The Labute approximate surface area is 203 Å². The highest BCUT2D eigenvalue weighted by molar-refractivity contribution is 7.89. The standard InChI is InChI=1S/C26H22ClFN2O3S/c1-19-6-14-24(15-7-19)34(31,32)30(17-20-8-10-21(27)11-9-20)18-23-13-12-22(33-23)16-29-26-5-3-2-4-25(26)28/h2-16H,17-18H2,1H3. The Balaban J connectivity index is 1.60. The van der Waals surface area contributed by atoms with Gasteiger partial charge in [0.05, 0.1) is 23.3 Å². The molecular weight excluding hydrogens is 475 g/mol. The first kappa shape index (κ1) is 23.9. The van der Waals surface area contributed by atoms with Gasteiger partial charge in [-0.3, -0.25) is 0 Å². The minimum Gasteiger partial charge on any atom is -0.459 e. The Morgan fingerprint density at radius 2 is 1.65 bits per heavy atom. The van der Waals surface area contributed by atoms with Crippen LogP contribution in [0.5, 0.6) is 0 Å². The van der Waals surface area contributed by atoms with E-state index in [0.29, 0.717) is 16.5 Å². The van der Waals surface area contributed by atoms with Gasteiger partial charge >= 0.3 is 0 Å². The zero-order valence-electron chi connectivity index (χ0n) is 18.4. The van der Waals surface area contributed by atoms with Crippen molar-refractivity contribution in [1.82, 2.24) is 4.31 Å². The molecule has 0 aliphatic carbocycles. The zero-order chi connectivity index (χ0) is 24.1. The lowest BCUT2D eigenvalue weighted by Gasteiger charge is -2.21. The molecule has 0 saturated carbocycles. The van der Waals surface area contributed by atoms with Crippen molar-refractivity contribution in [2.45, 2.75) is 24.9 Å². The summed E-state index contributed by atoms with van der Waals surface area (Å²) in [5.74, 6) is 0.376. The molecule has 4 rings (SSSR count). The minimum atomic E-state index is -3.82. The smallest absolute Gasteiger partial charge is 0.243 e. The largest absolute Gasteiger partial charge is 0.459 e. The van der Waals surface area contributed by atoms with E-state index in [2.05, 4.69) is 4.99 Å². The Kier molecular flexibility index (Phi) is 7.26. The van der Waals surface area contributed by atoms with E-state index in [4.69, 9.17) is 16.0 Å². The maximum Gasteiger partial charge on any atom is 0.243 e. The van der Waals surface area contributed by atoms with Crippen LogP contribution in [0.25, 0.3) is 0 Å². The molecule has 0 amide bonds. The number of rotatable bonds is 8. The molecule has 8 heteroatoms. The molecular formula is C26H22ClFN2O3S. The van der Waals surface area contributed by atoms with Crippen LogP contribution < -0.4 is 0 Å². The van der Waals surface area contributed by atoms with Gasteiger partial charge in [0.25, 0.3) is 0 Å². The number of aliphatic imine (C=N–C) groups is 1. The summed E-state index contributed by atoms with van der Waals surface area (Å²) < 4.78 is 47.9. The summed E-state index contributed by atoms with van der Waals surface area (Å²) in [6, 6.07) is 23.2. The van der Waals surface area contributed by atoms with Crippen LogP contribution in [0.1, 0.15) is 22.6 Å². The SMILES string of the molecule is Cc1ccc(S(=O)(=O)N(Cc2ccc(Cl)cc2)Cc2ccc(C=Nc3ccccc3F)o2)cc1. The highest BCUT2D eigenvalue weighted by Crippen LogP contribution is 2.23. The lowest BCUT2D eigenvalue weighted by Crippen LogP contribution is -2.30. The maximum absolute atomic E-state index is 13.8. The van der Waals surface area contributed by atoms with Crippen LogP contribution in [0.15, 0.2) is 99.2 Å². The van der Waals surface area contributed by atoms with Crippen molar-refractivity contribution in [2.75, 3.05) is 0 Å². The van der Waals surface area contributed by atoms with Gasteiger partial charge in [-0.15, -0.1) is 0 Å². The Bertz CT molecular complexity index is 1400. The third kappa shape index (κ3) is 5.80. The van der Waals surface area contributed by atoms with E-state index in [0.717, 1.165) is 11.1 Å². The van der Waals surface area contributed by atoms with Gasteiger partial charge in [0.2, 0.25) is 10.0 Å². The third-order valence-electron chi connectivity index (χ3n) is 5.13. The van der Waals surface area contributed by atoms with Crippen LogP contribution in [0, 0.1) is 12.7 Å². The van der Waals surface area contributed by atoms with Crippen molar-refractivity contribution < 1.29 is 17.2 Å². The van der Waals surface area contributed by atoms with Gasteiger partial charge in [-0.25, -0.2) is 17.8 Å². The summed E-state index contributed by atoms with van der Waals surface area (Å²) in [5, 5.41) is 0.571. The number of hydrogen-bond donors (Lipinski definition) is 0. The molecule has 5 nitrogen and oxygen atoms in total. The van der Waals surface area contributed by atoms with E-state index in [-0.39, 0.29) is 23.7 Å². The quantitative estimate of drug-likeness (QED) is 0.261. The molecule has 0 radical (unpaired) electrons. The molecule has 0 aliphatic heterocycles. The van der Waals surface area contributed by atoms with Crippen molar-refractivity contribution in [2.24, 2.45) is 4.99 Å². The Morgan fingerprint density at radius 3 is 2.35 bits per heavy atom. The van der Waals surface area contributed by atoms with E-state index >= 15 is 0 Å². The topological polar surface area (TPSA) is 62.9 Å². The van der Waals surface area contributed by atoms with Crippen molar-refractivity contribution in [1.29, 1.82) is 0 Å². The van der Waals surface area contributed by atoms with Crippen LogP contribution in [0.4, 0.5) is 10.1 Å². The molecule has 0 N–H and O–H groups in total. The van der Waals surface area contributed by atoms with Gasteiger partial charge in [0, 0.05) is 11.6 Å². The van der Waals surface area contributed by atoms with Gasteiger partial charge in [0.1, 0.15) is 17.3 Å². The normalized spacial score (nSPS) is 12.0. The number of halogens is 2. The molecule has 0 fully saturated rings. The van der Waals surface area contributed by atoms with Crippen molar-refractivity contribution in [3.05, 3.63) is 118 Å². The van der Waals surface area contributed by atoms with Gasteiger partial charge in [-0.1, -0.05) is 53.6 Å². The van der Waals surface area contributed by atoms with Crippen LogP contribution in [-0.4, -0.2) is 18.9 Å². The molecule has 1 heterocycles. The predicted octanol–water partition coefficient (Wildman–Crippen LogP) is 6.52. The average Bonchev–Trinajstić information content (AvgIpc) is 3.27.